The molecular formula is C25H21Cl2FN4OS. The molecule has 0 amide bonds. The van der Waals surface area contributed by atoms with Crippen LogP contribution in [0.4, 0.5) is 4.39 Å². The first-order chi connectivity index (χ1) is 16.5. The van der Waals surface area contributed by atoms with E-state index in [9.17, 15) is 4.39 Å². The van der Waals surface area contributed by atoms with Crippen molar-refractivity contribution >= 4 is 35.0 Å². The number of aromatic nitrogens is 4. The maximum atomic E-state index is 13.8. The lowest BCUT2D eigenvalue weighted by molar-refractivity contribution is 0.414. The summed E-state index contributed by atoms with van der Waals surface area (Å²) in [5.41, 5.74) is 4.87. The van der Waals surface area contributed by atoms with Crippen molar-refractivity contribution < 1.29 is 9.13 Å². The van der Waals surface area contributed by atoms with Gasteiger partial charge in [-0.15, -0.1) is 0 Å². The minimum absolute atomic E-state index is 0.101. The van der Waals surface area contributed by atoms with Gasteiger partial charge in [-0.3, -0.25) is 4.57 Å². The summed E-state index contributed by atoms with van der Waals surface area (Å²) in [6.07, 6.45) is 5.94. The molecule has 174 valence electrons. The van der Waals surface area contributed by atoms with Crippen molar-refractivity contribution in [1.29, 1.82) is 0 Å². The molecule has 0 radical (unpaired) electrons. The Labute approximate surface area is 211 Å². The van der Waals surface area contributed by atoms with Crippen molar-refractivity contribution in [2.24, 2.45) is 0 Å². The van der Waals surface area contributed by atoms with Gasteiger partial charge in [0.2, 0.25) is 0 Å². The highest BCUT2D eigenvalue weighted by molar-refractivity contribution is 7.98. The number of hydrogen-bond acceptors (Lipinski definition) is 5. The average Bonchev–Trinajstić information content (AvgIpc) is 3.23. The van der Waals surface area contributed by atoms with Crippen LogP contribution in [0.15, 0.2) is 60.1 Å². The predicted molar refractivity (Wildman–Crippen MR) is 133 cm³/mol. The zero-order valence-corrected chi connectivity index (χ0v) is 20.7. The topological polar surface area (TPSA) is 52.8 Å². The van der Waals surface area contributed by atoms with E-state index in [2.05, 4.69) is 14.5 Å². The normalized spacial score (nSPS) is 15.2. The second-order valence-electron chi connectivity index (χ2n) is 7.98. The second kappa shape index (κ2) is 9.94. The third-order valence-electron chi connectivity index (χ3n) is 5.94. The maximum absolute atomic E-state index is 13.8. The summed E-state index contributed by atoms with van der Waals surface area (Å²) in [5.74, 6) is 1.01. The first kappa shape index (κ1) is 23.1. The van der Waals surface area contributed by atoms with Crippen molar-refractivity contribution in [2.45, 2.75) is 36.1 Å². The number of ether oxygens (including phenoxy) is 1. The SMILES string of the molecule is COc1cc(C2CCCc3nc(SCc4ncncc4Cl)n(-c4ccc(F)cc4)c32)ccc1Cl. The van der Waals surface area contributed by atoms with E-state index in [0.29, 0.717) is 21.5 Å². The number of fused-ring (bicyclic) bond motifs is 1. The van der Waals surface area contributed by atoms with E-state index in [1.807, 2.05) is 18.2 Å². The third-order valence-corrected chi connectivity index (χ3v) is 7.52. The first-order valence-electron chi connectivity index (χ1n) is 10.8. The molecule has 1 aliphatic rings. The molecule has 34 heavy (non-hydrogen) atoms. The van der Waals surface area contributed by atoms with Crippen LogP contribution in [-0.4, -0.2) is 26.6 Å². The Morgan fingerprint density at radius 2 is 1.97 bits per heavy atom. The molecule has 5 rings (SSSR count). The number of rotatable bonds is 6. The fraction of sp³-hybridized carbons (Fsp3) is 0.240. The third kappa shape index (κ3) is 4.52. The standard InChI is InChI=1S/C25H21Cl2FN4OS/c1-33-23-11-15(5-10-19(23)26)18-3-2-4-21-24(18)32(17-8-6-16(28)7-9-17)25(31-21)34-13-22-20(27)12-29-14-30-22/h5-12,14,18H,2-4,13H2,1H3. The monoisotopic (exact) mass is 514 g/mol. The van der Waals surface area contributed by atoms with Crippen LogP contribution in [0.5, 0.6) is 5.75 Å². The number of aryl methyl sites for hydroxylation is 1. The van der Waals surface area contributed by atoms with Crippen LogP contribution >= 0.6 is 35.0 Å². The Morgan fingerprint density at radius 3 is 2.74 bits per heavy atom. The summed E-state index contributed by atoms with van der Waals surface area (Å²) in [5, 5.41) is 1.91. The molecule has 0 N–H and O–H groups in total. The van der Waals surface area contributed by atoms with E-state index >= 15 is 0 Å². The molecule has 2 aromatic heterocycles. The lowest BCUT2D eigenvalue weighted by atomic mass is 9.84. The number of hydrogen-bond donors (Lipinski definition) is 0. The van der Waals surface area contributed by atoms with Gasteiger partial charge in [0.15, 0.2) is 5.16 Å². The van der Waals surface area contributed by atoms with E-state index < -0.39 is 0 Å². The molecule has 9 heteroatoms. The molecule has 1 unspecified atom stereocenters. The quantitative estimate of drug-likeness (QED) is 0.262. The fourth-order valence-corrected chi connectivity index (χ4v) is 5.79. The summed E-state index contributed by atoms with van der Waals surface area (Å²) in [6, 6.07) is 12.4. The zero-order valence-electron chi connectivity index (χ0n) is 18.3. The Morgan fingerprint density at radius 1 is 1.15 bits per heavy atom. The predicted octanol–water partition coefficient (Wildman–Crippen LogP) is 6.88. The van der Waals surface area contributed by atoms with Gasteiger partial charge in [0.1, 0.15) is 17.9 Å². The molecule has 4 aromatic rings. The number of methoxy groups -OCH3 is 1. The molecule has 2 aromatic carbocycles. The van der Waals surface area contributed by atoms with Crippen LogP contribution in [-0.2, 0) is 12.2 Å². The molecule has 5 nitrogen and oxygen atoms in total. The van der Waals surface area contributed by atoms with Gasteiger partial charge < -0.3 is 4.74 Å². The number of benzene rings is 2. The lowest BCUT2D eigenvalue weighted by Gasteiger charge is -2.25. The van der Waals surface area contributed by atoms with Gasteiger partial charge in [-0.25, -0.2) is 19.3 Å². The largest absolute Gasteiger partial charge is 0.495 e. The summed E-state index contributed by atoms with van der Waals surface area (Å²) in [7, 11) is 1.62. The van der Waals surface area contributed by atoms with Gasteiger partial charge in [0, 0.05) is 23.6 Å². The Hall–Kier alpha value is -2.61. The summed E-state index contributed by atoms with van der Waals surface area (Å²) in [6.45, 7) is 0. The number of nitrogens with zero attached hydrogens (tertiary/aromatic N) is 4. The molecule has 0 bridgehead atoms. The Kier molecular flexibility index (Phi) is 6.77. The Balaban J connectivity index is 1.61. The molecule has 0 saturated carbocycles. The molecule has 0 spiro atoms. The summed E-state index contributed by atoms with van der Waals surface area (Å²) in [4.78, 5) is 13.3. The minimum Gasteiger partial charge on any atom is -0.495 e. The highest BCUT2D eigenvalue weighted by Gasteiger charge is 2.30. The van der Waals surface area contributed by atoms with Crippen LogP contribution in [0, 0.1) is 5.82 Å². The van der Waals surface area contributed by atoms with Crippen LogP contribution in [0.25, 0.3) is 5.69 Å². The van der Waals surface area contributed by atoms with Crippen LogP contribution < -0.4 is 4.74 Å². The average molecular weight is 515 g/mol. The van der Waals surface area contributed by atoms with E-state index in [-0.39, 0.29) is 11.7 Å². The van der Waals surface area contributed by atoms with Gasteiger partial charge in [-0.2, -0.15) is 0 Å². The van der Waals surface area contributed by atoms with Gasteiger partial charge in [-0.05, 0) is 61.2 Å². The van der Waals surface area contributed by atoms with Gasteiger partial charge in [0.25, 0.3) is 0 Å². The summed E-state index contributed by atoms with van der Waals surface area (Å²) < 4.78 is 21.4. The van der Waals surface area contributed by atoms with E-state index in [1.165, 1.54) is 18.5 Å². The number of thioether (sulfide) groups is 1. The highest BCUT2D eigenvalue weighted by atomic mass is 35.5. The molecule has 2 heterocycles. The maximum Gasteiger partial charge on any atom is 0.173 e. The van der Waals surface area contributed by atoms with Gasteiger partial charge >= 0.3 is 0 Å². The van der Waals surface area contributed by atoms with Crippen LogP contribution in [0.3, 0.4) is 0 Å². The minimum atomic E-state index is -0.279. The number of halogens is 3. The Bertz CT molecular complexity index is 1330. The van der Waals surface area contributed by atoms with Crippen molar-refractivity contribution in [2.75, 3.05) is 7.11 Å². The lowest BCUT2D eigenvalue weighted by Crippen LogP contribution is -2.15. The van der Waals surface area contributed by atoms with E-state index in [4.69, 9.17) is 32.9 Å². The molecule has 0 saturated heterocycles. The number of imidazole rings is 1. The smallest absolute Gasteiger partial charge is 0.173 e. The second-order valence-corrected chi connectivity index (χ2v) is 9.74. The zero-order chi connectivity index (χ0) is 23.7. The van der Waals surface area contributed by atoms with Crippen molar-refractivity contribution in [3.05, 3.63) is 93.5 Å². The van der Waals surface area contributed by atoms with Crippen LogP contribution in [0.2, 0.25) is 10.0 Å². The fourth-order valence-electron chi connectivity index (χ4n) is 4.34. The van der Waals surface area contributed by atoms with Crippen molar-refractivity contribution in [3.8, 4) is 11.4 Å². The molecule has 0 aliphatic heterocycles. The first-order valence-corrected chi connectivity index (χ1v) is 12.6. The van der Waals surface area contributed by atoms with Crippen molar-refractivity contribution in [3.63, 3.8) is 0 Å². The van der Waals surface area contributed by atoms with E-state index in [1.54, 1.807) is 37.2 Å². The summed E-state index contributed by atoms with van der Waals surface area (Å²) >= 11 is 14.1. The van der Waals surface area contributed by atoms with Crippen LogP contribution in [0.1, 0.15) is 41.4 Å². The molecule has 0 fully saturated rings. The molecular weight excluding hydrogens is 494 g/mol. The van der Waals surface area contributed by atoms with Gasteiger partial charge in [0.05, 0.1) is 34.2 Å². The molecule has 1 aliphatic carbocycles. The van der Waals surface area contributed by atoms with E-state index in [0.717, 1.165) is 52.8 Å². The van der Waals surface area contributed by atoms with Crippen molar-refractivity contribution in [1.82, 2.24) is 19.5 Å². The van der Waals surface area contributed by atoms with Gasteiger partial charge in [-0.1, -0.05) is 41.0 Å². The highest BCUT2D eigenvalue weighted by Crippen LogP contribution is 2.42. The molecule has 1 atom stereocenters.